The van der Waals surface area contributed by atoms with E-state index in [-0.39, 0.29) is 35.9 Å². The number of methoxy groups -OCH3 is 1. The Morgan fingerprint density at radius 2 is 1.64 bits per heavy atom. The number of amides is 1. The summed E-state index contributed by atoms with van der Waals surface area (Å²) in [6.07, 6.45) is 5.71. The number of ether oxygens (including phenoxy) is 3. The van der Waals surface area contributed by atoms with E-state index in [0.717, 1.165) is 68.4 Å². The van der Waals surface area contributed by atoms with E-state index in [1.807, 2.05) is 51.1 Å². The molecule has 2 heterocycles. The average Bonchev–Trinajstić information content (AvgIpc) is 2.93. The second kappa shape index (κ2) is 11.7. The highest BCUT2D eigenvalue weighted by atomic mass is 35.5. The van der Waals surface area contributed by atoms with Crippen molar-refractivity contribution in [2.75, 3.05) is 20.3 Å². The van der Waals surface area contributed by atoms with Crippen LogP contribution in [0.1, 0.15) is 82.0 Å². The van der Waals surface area contributed by atoms with Gasteiger partial charge in [-0.1, -0.05) is 23.7 Å². The van der Waals surface area contributed by atoms with Crippen molar-refractivity contribution in [1.82, 2.24) is 4.90 Å². The zero-order chi connectivity index (χ0) is 27.7. The van der Waals surface area contributed by atoms with Gasteiger partial charge in [0.05, 0.1) is 31.3 Å². The lowest BCUT2D eigenvalue weighted by Gasteiger charge is -2.48. The predicted octanol–water partition coefficient (Wildman–Crippen LogP) is 6.35. The summed E-state index contributed by atoms with van der Waals surface area (Å²) in [6.45, 7) is 7.48. The van der Waals surface area contributed by atoms with Gasteiger partial charge < -0.3 is 24.2 Å². The third-order valence-electron chi connectivity index (χ3n) is 9.14. The molecule has 6 nitrogen and oxygen atoms in total. The van der Waals surface area contributed by atoms with Crippen LogP contribution >= 0.6 is 11.6 Å². The third kappa shape index (κ3) is 5.79. The molecule has 212 valence electrons. The highest BCUT2D eigenvalue weighted by Gasteiger charge is 2.45. The fourth-order valence-electron chi connectivity index (χ4n) is 7.03. The van der Waals surface area contributed by atoms with Gasteiger partial charge in [0.15, 0.2) is 11.5 Å². The molecule has 2 fully saturated rings. The number of carbonyl (C=O) groups is 1. The molecule has 3 aliphatic rings. The van der Waals surface area contributed by atoms with Crippen LogP contribution < -0.4 is 9.47 Å². The molecular formula is C32H42ClNO5. The maximum absolute atomic E-state index is 13.9. The van der Waals surface area contributed by atoms with Crippen LogP contribution in [0, 0.1) is 11.8 Å². The molecule has 2 aromatic rings. The van der Waals surface area contributed by atoms with Crippen molar-refractivity contribution in [3.63, 3.8) is 0 Å². The van der Waals surface area contributed by atoms with E-state index in [1.165, 1.54) is 0 Å². The minimum atomic E-state index is -0.706. The molecule has 0 unspecified atom stereocenters. The van der Waals surface area contributed by atoms with Crippen LogP contribution in [0.2, 0.25) is 5.02 Å². The van der Waals surface area contributed by atoms with Gasteiger partial charge in [0.1, 0.15) is 0 Å². The molecule has 1 amide bonds. The summed E-state index contributed by atoms with van der Waals surface area (Å²) in [6, 6.07) is 11.7. The number of fused-ring (bicyclic) bond motifs is 1. The summed E-state index contributed by atoms with van der Waals surface area (Å²) in [5.74, 6) is 1.97. The first-order valence-electron chi connectivity index (χ1n) is 14.4. The van der Waals surface area contributed by atoms with Gasteiger partial charge in [0, 0.05) is 24.3 Å². The van der Waals surface area contributed by atoms with Crippen molar-refractivity contribution in [1.29, 1.82) is 0 Å². The van der Waals surface area contributed by atoms with Crippen LogP contribution in [0.3, 0.4) is 0 Å². The zero-order valence-electron chi connectivity index (χ0n) is 23.6. The van der Waals surface area contributed by atoms with Gasteiger partial charge in [-0.25, -0.2) is 0 Å². The normalized spacial score (nSPS) is 25.8. The second-order valence-electron chi connectivity index (χ2n) is 11.9. The Morgan fingerprint density at radius 3 is 2.26 bits per heavy atom. The van der Waals surface area contributed by atoms with Gasteiger partial charge >= 0.3 is 0 Å². The first-order chi connectivity index (χ1) is 18.7. The molecule has 0 aromatic heterocycles. The Bertz CT molecular complexity index is 1150. The number of halogens is 1. The van der Waals surface area contributed by atoms with Gasteiger partial charge in [0.25, 0.3) is 0 Å². The van der Waals surface area contributed by atoms with Crippen molar-refractivity contribution in [3.05, 3.63) is 58.1 Å². The number of benzene rings is 2. The van der Waals surface area contributed by atoms with E-state index in [9.17, 15) is 9.90 Å². The van der Waals surface area contributed by atoms with Crippen LogP contribution in [-0.4, -0.2) is 54.0 Å². The summed E-state index contributed by atoms with van der Waals surface area (Å²) in [4.78, 5) is 16.0. The Balaban J connectivity index is 1.46. The molecule has 39 heavy (non-hydrogen) atoms. The first kappa shape index (κ1) is 28.3. The van der Waals surface area contributed by atoms with Crippen LogP contribution in [0.4, 0.5) is 0 Å². The monoisotopic (exact) mass is 555 g/mol. The van der Waals surface area contributed by atoms with E-state index >= 15 is 0 Å². The standard InChI is InChI=1S/C32H42ClNO5/c1-20(2)39-29-19-27-22(17-28(29)37-4)18-30(35)34(31(27)21-5-9-25(33)10-6-21)26-11-7-23(8-12-26)32(3,36)24-13-15-38-16-14-24/h5-6,9-10,17,19-20,23-24,26,31,36H,7-8,11-16,18H2,1-4H3/t23-,26-,31-,32-/m0/s1. The number of hydrogen-bond donors (Lipinski definition) is 1. The number of carbonyl (C=O) groups excluding carboxylic acids is 1. The number of aliphatic hydroxyl groups is 1. The quantitative estimate of drug-likeness (QED) is 0.431. The lowest BCUT2D eigenvalue weighted by Crippen LogP contribution is -2.51. The van der Waals surface area contributed by atoms with Crippen LogP contribution in [0.5, 0.6) is 11.5 Å². The fraction of sp³-hybridized carbons (Fsp3) is 0.594. The van der Waals surface area contributed by atoms with Crippen LogP contribution in [0.25, 0.3) is 0 Å². The Hall–Kier alpha value is -2.28. The molecule has 5 rings (SSSR count). The number of hydrogen-bond acceptors (Lipinski definition) is 5. The molecule has 0 radical (unpaired) electrons. The SMILES string of the molecule is COc1cc2c(cc1OC(C)C)[C@H](c1ccc(Cl)cc1)N([C@H]1CC[C@H]([C@](C)(O)C3CCOCC3)CC1)C(=O)C2. The molecular weight excluding hydrogens is 514 g/mol. The summed E-state index contributed by atoms with van der Waals surface area (Å²) >= 11 is 6.26. The van der Waals surface area contributed by atoms with Gasteiger partial charge in [-0.05, 0) is 112 Å². The van der Waals surface area contributed by atoms with Gasteiger partial charge in [-0.2, -0.15) is 0 Å². The maximum Gasteiger partial charge on any atom is 0.228 e. The molecule has 2 aliphatic heterocycles. The molecule has 2 aromatic carbocycles. The minimum absolute atomic E-state index is 0.00828. The summed E-state index contributed by atoms with van der Waals surface area (Å²) in [5.41, 5.74) is 2.37. The molecule has 7 heteroatoms. The predicted molar refractivity (Wildman–Crippen MR) is 153 cm³/mol. The van der Waals surface area contributed by atoms with Crippen molar-refractivity contribution < 1.29 is 24.1 Å². The van der Waals surface area contributed by atoms with E-state index in [0.29, 0.717) is 22.9 Å². The minimum Gasteiger partial charge on any atom is -0.493 e. The van der Waals surface area contributed by atoms with Crippen molar-refractivity contribution >= 4 is 17.5 Å². The Morgan fingerprint density at radius 1 is 1.00 bits per heavy atom. The molecule has 0 spiro atoms. The molecule has 0 bridgehead atoms. The topological polar surface area (TPSA) is 68.2 Å². The van der Waals surface area contributed by atoms with Crippen LogP contribution in [0.15, 0.2) is 36.4 Å². The largest absolute Gasteiger partial charge is 0.493 e. The van der Waals surface area contributed by atoms with E-state index < -0.39 is 5.60 Å². The smallest absolute Gasteiger partial charge is 0.228 e. The Kier molecular flexibility index (Phi) is 8.46. The fourth-order valence-corrected chi connectivity index (χ4v) is 7.16. The van der Waals surface area contributed by atoms with Crippen LogP contribution in [-0.2, 0) is 16.0 Å². The zero-order valence-corrected chi connectivity index (χ0v) is 24.4. The summed E-state index contributed by atoms with van der Waals surface area (Å²) < 4.78 is 17.3. The number of rotatable bonds is 7. The molecule has 1 saturated carbocycles. The van der Waals surface area contributed by atoms with Crippen molar-refractivity contribution in [2.45, 2.75) is 89.5 Å². The summed E-state index contributed by atoms with van der Waals surface area (Å²) in [7, 11) is 1.64. The lowest BCUT2D eigenvalue weighted by molar-refractivity contribution is -0.139. The van der Waals surface area contributed by atoms with Gasteiger partial charge in [-0.15, -0.1) is 0 Å². The average molecular weight is 556 g/mol. The Labute approximate surface area is 237 Å². The maximum atomic E-state index is 13.9. The van der Waals surface area contributed by atoms with E-state index in [1.54, 1.807) is 7.11 Å². The molecule has 1 saturated heterocycles. The summed E-state index contributed by atoms with van der Waals surface area (Å²) in [5, 5.41) is 12.2. The lowest BCUT2D eigenvalue weighted by atomic mass is 9.68. The van der Waals surface area contributed by atoms with Crippen molar-refractivity contribution in [3.8, 4) is 11.5 Å². The van der Waals surface area contributed by atoms with Gasteiger partial charge in [-0.3, -0.25) is 4.79 Å². The van der Waals surface area contributed by atoms with Gasteiger partial charge in [0.2, 0.25) is 5.91 Å². The van der Waals surface area contributed by atoms with Crippen molar-refractivity contribution in [2.24, 2.45) is 11.8 Å². The molecule has 1 N–H and O–H groups in total. The molecule has 1 aliphatic carbocycles. The highest BCUT2D eigenvalue weighted by Crippen LogP contribution is 2.47. The highest BCUT2D eigenvalue weighted by molar-refractivity contribution is 6.30. The van der Waals surface area contributed by atoms with E-state index in [4.69, 9.17) is 25.8 Å². The molecule has 2 atom stereocenters. The first-order valence-corrected chi connectivity index (χ1v) is 14.8. The second-order valence-corrected chi connectivity index (χ2v) is 12.4. The third-order valence-corrected chi connectivity index (χ3v) is 9.39. The number of nitrogens with zero attached hydrogens (tertiary/aromatic N) is 1. The van der Waals surface area contributed by atoms with E-state index in [2.05, 4.69) is 11.0 Å².